The van der Waals surface area contributed by atoms with Crippen molar-refractivity contribution in [1.82, 2.24) is 15.3 Å². The number of carbonyl (C=O) groups is 2. The Morgan fingerprint density at radius 3 is 2.62 bits per heavy atom. The molecule has 3 heterocycles. The maximum Gasteiger partial charge on any atom is 0.254 e. The number of benzene rings is 1. The number of aryl methyl sites for hydroxylation is 1. The van der Waals surface area contributed by atoms with Gasteiger partial charge in [-0.1, -0.05) is 12.1 Å². The Labute approximate surface area is 166 Å². The molecule has 146 valence electrons. The standard InChI is InChI=1S/C20H18N6O3/c1-10-5-4-8-23-18(10)26-19-16-15(12(9-24-19)20(28)22-2)25-14-11(17(21)27)6-3-7-13(14)29-16/h3-9,25H,1-2H3,(H2,21,27)(H,22,28)(H,23,24,26). The van der Waals surface area contributed by atoms with Crippen molar-refractivity contribution in [2.45, 2.75) is 6.92 Å². The number of hydrogen-bond donors (Lipinski definition) is 4. The lowest BCUT2D eigenvalue weighted by Crippen LogP contribution is -2.22. The second-order valence-corrected chi connectivity index (χ2v) is 6.37. The summed E-state index contributed by atoms with van der Waals surface area (Å²) in [5, 5.41) is 8.84. The molecule has 0 bridgehead atoms. The number of nitrogens with two attached hydrogens (primary N) is 1. The lowest BCUT2D eigenvalue weighted by atomic mass is 10.1. The number of nitrogens with one attached hydrogen (secondary N) is 3. The molecule has 2 aromatic heterocycles. The first-order valence-electron chi connectivity index (χ1n) is 8.81. The van der Waals surface area contributed by atoms with Crippen LogP contribution in [-0.4, -0.2) is 28.8 Å². The van der Waals surface area contributed by atoms with Gasteiger partial charge in [0.05, 0.1) is 16.8 Å². The summed E-state index contributed by atoms with van der Waals surface area (Å²) in [4.78, 5) is 32.9. The minimum absolute atomic E-state index is 0.253. The second kappa shape index (κ2) is 7.12. The van der Waals surface area contributed by atoms with Gasteiger partial charge in [-0.15, -0.1) is 0 Å². The van der Waals surface area contributed by atoms with Gasteiger partial charge in [0.2, 0.25) is 0 Å². The number of hydrogen-bond acceptors (Lipinski definition) is 7. The van der Waals surface area contributed by atoms with E-state index in [9.17, 15) is 9.59 Å². The topological polar surface area (TPSA) is 131 Å². The number of primary amides is 1. The zero-order valence-electron chi connectivity index (χ0n) is 15.7. The minimum Gasteiger partial charge on any atom is -0.449 e. The summed E-state index contributed by atoms with van der Waals surface area (Å²) < 4.78 is 6.04. The van der Waals surface area contributed by atoms with E-state index < -0.39 is 5.91 Å². The summed E-state index contributed by atoms with van der Waals surface area (Å²) in [6.45, 7) is 1.91. The Bertz CT molecular complexity index is 1150. The van der Waals surface area contributed by atoms with Crippen LogP contribution in [0.1, 0.15) is 26.3 Å². The van der Waals surface area contributed by atoms with Crippen LogP contribution in [0.5, 0.6) is 11.5 Å². The van der Waals surface area contributed by atoms with E-state index in [1.807, 2.05) is 19.1 Å². The number of para-hydroxylation sites is 1. The van der Waals surface area contributed by atoms with E-state index in [0.717, 1.165) is 5.56 Å². The molecule has 3 aromatic rings. The summed E-state index contributed by atoms with van der Waals surface area (Å²) in [5.41, 5.74) is 7.68. The fraction of sp³-hybridized carbons (Fsp3) is 0.100. The molecule has 0 spiro atoms. The van der Waals surface area contributed by atoms with Crippen molar-refractivity contribution in [3.8, 4) is 11.5 Å². The monoisotopic (exact) mass is 390 g/mol. The van der Waals surface area contributed by atoms with Crippen molar-refractivity contribution >= 4 is 34.8 Å². The lowest BCUT2D eigenvalue weighted by Gasteiger charge is -2.26. The van der Waals surface area contributed by atoms with Crippen molar-refractivity contribution < 1.29 is 14.3 Å². The molecule has 5 N–H and O–H groups in total. The number of fused-ring (bicyclic) bond motifs is 2. The SMILES string of the molecule is CNC(=O)c1cnc(Nc2ncccc2C)c2c1Nc1c(cccc1C(N)=O)O2. The molecule has 0 saturated carbocycles. The van der Waals surface area contributed by atoms with Crippen molar-refractivity contribution in [1.29, 1.82) is 0 Å². The van der Waals surface area contributed by atoms with Crippen LogP contribution in [0.3, 0.4) is 0 Å². The van der Waals surface area contributed by atoms with Gasteiger partial charge < -0.3 is 26.4 Å². The van der Waals surface area contributed by atoms with Gasteiger partial charge in [0.15, 0.2) is 17.3 Å². The molecule has 0 fully saturated rings. The highest BCUT2D eigenvalue weighted by Gasteiger charge is 2.29. The predicted molar refractivity (Wildman–Crippen MR) is 108 cm³/mol. The molecule has 0 unspecified atom stereocenters. The Morgan fingerprint density at radius 1 is 1.07 bits per heavy atom. The number of amides is 2. The Balaban J connectivity index is 1.86. The number of ether oxygens (including phenoxy) is 1. The van der Waals surface area contributed by atoms with Gasteiger partial charge in [0, 0.05) is 19.4 Å². The Kier molecular flexibility index (Phi) is 4.47. The van der Waals surface area contributed by atoms with Gasteiger partial charge in [-0.05, 0) is 30.7 Å². The highest BCUT2D eigenvalue weighted by Crippen LogP contribution is 2.48. The van der Waals surface area contributed by atoms with Gasteiger partial charge in [-0.25, -0.2) is 9.97 Å². The maximum atomic E-state index is 12.4. The first-order chi connectivity index (χ1) is 14.0. The molecule has 0 atom stereocenters. The second-order valence-electron chi connectivity index (χ2n) is 6.37. The molecular formula is C20H18N6O3. The molecule has 0 radical (unpaired) electrons. The van der Waals surface area contributed by atoms with E-state index in [0.29, 0.717) is 34.5 Å². The Hall–Kier alpha value is -4.14. The third-order valence-corrected chi connectivity index (χ3v) is 4.51. The average Bonchev–Trinajstić information content (AvgIpc) is 2.73. The fourth-order valence-electron chi connectivity index (χ4n) is 3.03. The van der Waals surface area contributed by atoms with Crippen LogP contribution in [-0.2, 0) is 0 Å². The third-order valence-electron chi connectivity index (χ3n) is 4.51. The summed E-state index contributed by atoms with van der Waals surface area (Å²) in [6, 6.07) is 8.68. The minimum atomic E-state index is -0.612. The number of pyridine rings is 2. The molecule has 4 rings (SSSR count). The quantitative estimate of drug-likeness (QED) is 0.421. The zero-order chi connectivity index (χ0) is 20.5. The van der Waals surface area contributed by atoms with Crippen LogP contribution in [0, 0.1) is 6.92 Å². The van der Waals surface area contributed by atoms with Crippen LogP contribution < -0.4 is 26.4 Å². The summed E-state index contributed by atoms with van der Waals surface area (Å²) in [5.74, 6) is 0.716. The van der Waals surface area contributed by atoms with E-state index in [1.54, 1.807) is 24.4 Å². The first kappa shape index (κ1) is 18.2. The molecule has 9 nitrogen and oxygen atoms in total. The van der Waals surface area contributed by atoms with Crippen molar-refractivity contribution in [3.05, 3.63) is 59.4 Å². The number of aromatic nitrogens is 2. The van der Waals surface area contributed by atoms with E-state index in [1.165, 1.54) is 13.2 Å². The zero-order valence-corrected chi connectivity index (χ0v) is 15.7. The molecule has 0 saturated heterocycles. The van der Waals surface area contributed by atoms with Crippen molar-refractivity contribution in [3.63, 3.8) is 0 Å². The highest BCUT2D eigenvalue weighted by molar-refractivity contribution is 6.06. The van der Waals surface area contributed by atoms with Crippen LogP contribution in [0.2, 0.25) is 0 Å². The van der Waals surface area contributed by atoms with Gasteiger partial charge in [-0.3, -0.25) is 9.59 Å². The molecule has 1 aromatic carbocycles. The lowest BCUT2D eigenvalue weighted by molar-refractivity contribution is 0.0962. The molecule has 2 amide bonds. The van der Waals surface area contributed by atoms with Gasteiger partial charge in [-0.2, -0.15) is 0 Å². The summed E-state index contributed by atoms with van der Waals surface area (Å²) in [6.07, 6.45) is 3.08. The molecule has 1 aliphatic heterocycles. The van der Waals surface area contributed by atoms with Crippen molar-refractivity contribution in [2.75, 3.05) is 17.7 Å². The van der Waals surface area contributed by atoms with E-state index in [-0.39, 0.29) is 17.0 Å². The third kappa shape index (κ3) is 3.18. The number of nitrogens with zero attached hydrogens (tertiary/aromatic N) is 2. The predicted octanol–water partition coefficient (Wildman–Crippen LogP) is 2.84. The van der Waals surface area contributed by atoms with E-state index in [4.69, 9.17) is 10.5 Å². The molecule has 9 heteroatoms. The summed E-state index contributed by atoms with van der Waals surface area (Å²) in [7, 11) is 1.52. The van der Waals surface area contributed by atoms with Crippen LogP contribution in [0.15, 0.2) is 42.7 Å². The number of anilines is 4. The smallest absolute Gasteiger partial charge is 0.254 e. The van der Waals surface area contributed by atoms with E-state index >= 15 is 0 Å². The highest BCUT2D eigenvalue weighted by atomic mass is 16.5. The Morgan fingerprint density at radius 2 is 1.90 bits per heavy atom. The van der Waals surface area contributed by atoms with Crippen LogP contribution >= 0.6 is 0 Å². The molecule has 1 aliphatic rings. The van der Waals surface area contributed by atoms with Gasteiger partial charge in [0.25, 0.3) is 11.8 Å². The summed E-state index contributed by atoms with van der Waals surface area (Å²) >= 11 is 0. The van der Waals surface area contributed by atoms with Crippen LogP contribution in [0.4, 0.5) is 23.0 Å². The van der Waals surface area contributed by atoms with Crippen molar-refractivity contribution in [2.24, 2.45) is 5.73 Å². The van der Waals surface area contributed by atoms with Crippen LogP contribution in [0.25, 0.3) is 0 Å². The largest absolute Gasteiger partial charge is 0.449 e. The van der Waals surface area contributed by atoms with E-state index in [2.05, 4.69) is 25.9 Å². The fourth-order valence-corrected chi connectivity index (χ4v) is 3.03. The average molecular weight is 390 g/mol. The normalized spacial score (nSPS) is 11.4. The molecule has 29 heavy (non-hydrogen) atoms. The molecular weight excluding hydrogens is 372 g/mol. The van der Waals surface area contributed by atoms with Gasteiger partial charge in [0.1, 0.15) is 11.5 Å². The number of carbonyl (C=O) groups excluding carboxylic acids is 2. The molecule has 0 aliphatic carbocycles. The van der Waals surface area contributed by atoms with Gasteiger partial charge >= 0.3 is 0 Å². The number of rotatable bonds is 4. The maximum absolute atomic E-state index is 12.4. The first-order valence-corrected chi connectivity index (χ1v) is 8.81.